The second-order valence-electron chi connectivity index (χ2n) is 6.57. The molecule has 0 radical (unpaired) electrons. The molecule has 0 aromatic rings. The van der Waals surface area contributed by atoms with Gasteiger partial charge in [0.05, 0.1) is 0 Å². The van der Waals surface area contributed by atoms with Crippen LogP contribution in [0.4, 0.5) is 0 Å². The zero-order valence-corrected chi connectivity index (χ0v) is 13.8. The molecule has 1 heterocycles. The van der Waals surface area contributed by atoms with E-state index in [1.165, 1.54) is 17.1 Å². The normalized spacial score (nSPS) is 24.0. The maximum atomic E-state index is 12.3. The molecule has 1 aliphatic carbocycles. The molecule has 24 heavy (non-hydrogen) atoms. The fourth-order valence-electron chi connectivity index (χ4n) is 3.40. The fourth-order valence-corrected chi connectivity index (χ4v) is 3.40. The summed E-state index contributed by atoms with van der Waals surface area (Å²) in [6, 6.07) is -0.198. The molecule has 0 aromatic heterocycles. The molecule has 0 unspecified atom stereocenters. The number of carbonyl (C=O) groups is 3. The fraction of sp³-hybridized carbons (Fsp3) is 0.706. The molecular weight excluding hydrogens is 312 g/mol. The number of aliphatic hydroxyl groups excluding tert-OH is 2. The number of hydrogen-bond acceptors (Lipinski definition) is 5. The lowest BCUT2D eigenvalue weighted by molar-refractivity contribution is -0.138. The maximum Gasteiger partial charge on any atom is 0.253 e. The van der Waals surface area contributed by atoms with Gasteiger partial charge in [-0.2, -0.15) is 0 Å². The summed E-state index contributed by atoms with van der Waals surface area (Å²) in [6.45, 7) is 0.379. The van der Waals surface area contributed by atoms with Gasteiger partial charge in [0, 0.05) is 43.9 Å². The standard InChI is InChI=1S/C17H26N2O5/c20-9-7-14(8-10-21)18-17(24)13-3-1-12(2-4-13)11-19-15(22)5-6-16(19)23/h5-6,12-14,20-21H,1-4,7-11H2,(H,18,24). The number of amides is 3. The van der Waals surface area contributed by atoms with Crippen LogP contribution >= 0.6 is 0 Å². The van der Waals surface area contributed by atoms with Crippen molar-refractivity contribution in [2.24, 2.45) is 11.8 Å². The first-order valence-electron chi connectivity index (χ1n) is 8.60. The van der Waals surface area contributed by atoms with Crippen molar-refractivity contribution >= 4 is 17.7 Å². The van der Waals surface area contributed by atoms with Crippen molar-refractivity contribution < 1.29 is 24.6 Å². The Morgan fingerprint density at radius 2 is 1.62 bits per heavy atom. The molecule has 7 heteroatoms. The van der Waals surface area contributed by atoms with Crippen LogP contribution in [0.2, 0.25) is 0 Å². The van der Waals surface area contributed by atoms with Crippen LogP contribution in [-0.2, 0) is 14.4 Å². The minimum Gasteiger partial charge on any atom is -0.396 e. The Bertz CT molecular complexity index is 473. The average Bonchev–Trinajstić information content (AvgIpc) is 2.88. The van der Waals surface area contributed by atoms with E-state index in [4.69, 9.17) is 10.2 Å². The van der Waals surface area contributed by atoms with E-state index in [1.54, 1.807) is 0 Å². The number of carbonyl (C=O) groups excluding carboxylic acids is 3. The van der Waals surface area contributed by atoms with Crippen LogP contribution in [0.25, 0.3) is 0 Å². The highest BCUT2D eigenvalue weighted by Crippen LogP contribution is 2.30. The van der Waals surface area contributed by atoms with Crippen LogP contribution in [0.3, 0.4) is 0 Å². The lowest BCUT2D eigenvalue weighted by atomic mass is 9.81. The molecule has 134 valence electrons. The lowest BCUT2D eigenvalue weighted by Crippen LogP contribution is -2.42. The number of nitrogens with zero attached hydrogens (tertiary/aromatic N) is 1. The molecule has 2 rings (SSSR count). The van der Waals surface area contributed by atoms with Crippen molar-refractivity contribution in [1.29, 1.82) is 0 Å². The van der Waals surface area contributed by atoms with Crippen molar-refractivity contribution in [2.75, 3.05) is 19.8 Å². The third-order valence-electron chi connectivity index (χ3n) is 4.86. The van der Waals surface area contributed by atoms with Crippen molar-refractivity contribution in [3.05, 3.63) is 12.2 Å². The highest BCUT2D eigenvalue weighted by molar-refractivity contribution is 6.12. The third-order valence-corrected chi connectivity index (χ3v) is 4.86. The van der Waals surface area contributed by atoms with Crippen LogP contribution in [0.15, 0.2) is 12.2 Å². The largest absolute Gasteiger partial charge is 0.396 e. The smallest absolute Gasteiger partial charge is 0.253 e. The monoisotopic (exact) mass is 338 g/mol. The summed E-state index contributed by atoms with van der Waals surface area (Å²) in [7, 11) is 0. The average molecular weight is 338 g/mol. The van der Waals surface area contributed by atoms with Crippen LogP contribution < -0.4 is 5.32 Å². The van der Waals surface area contributed by atoms with E-state index in [-0.39, 0.29) is 48.8 Å². The Morgan fingerprint density at radius 1 is 1.08 bits per heavy atom. The molecule has 3 N–H and O–H groups in total. The summed E-state index contributed by atoms with van der Waals surface area (Å²) in [4.78, 5) is 36.8. The Morgan fingerprint density at radius 3 is 2.12 bits per heavy atom. The number of rotatable bonds is 8. The third kappa shape index (κ3) is 4.88. The van der Waals surface area contributed by atoms with Crippen molar-refractivity contribution in [3.63, 3.8) is 0 Å². The number of aliphatic hydroxyl groups is 2. The van der Waals surface area contributed by atoms with Crippen LogP contribution in [0, 0.1) is 11.8 Å². The molecular formula is C17H26N2O5. The second kappa shape index (κ2) is 8.94. The first kappa shape index (κ1) is 18.6. The molecule has 0 spiro atoms. The predicted molar refractivity (Wildman–Crippen MR) is 86.6 cm³/mol. The Balaban J connectivity index is 1.76. The Labute approximate surface area is 141 Å². The van der Waals surface area contributed by atoms with E-state index in [2.05, 4.69) is 5.32 Å². The molecule has 0 saturated heterocycles. The number of imide groups is 1. The Hall–Kier alpha value is -1.73. The van der Waals surface area contributed by atoms with Crippen molar-refractivity contribution in [3.8, 4) is 0 Å². The van der Waals surface area contributed by atoms with Gasteiger partial charge in [-0.1, -0.05) is 0 Å². The summed E-state index contributed by atoms with van der Waals surface area (Å²) < 4.78 is 0. The summed E-state index contributed by atoms with van der Waals surface area (Å²) >= 11 is 0. The summed E-state index contributed by atoms with van der Waals surface area (Å²) in [6.07, 6.45) is 6.53. The van der Waals surface area contributed by atoms with E-state index in [1.807, 2.05) is 0 Å². The van der Waals surface area contributed by atoms with Crippen LogP contribution in [-0.4, -0.2) is 58.6 Å². The van der Waals surface area contributed by atoms with Crippen molar-refractivity contribution in [2.45, 2.75) is 44.6 Å². The summed E-state index contributed by atoms with van der Waals surface area (Å²) in [5, 5.41) is 20.9. The van der Waals surface area contributed by atoms with Gasteiger partial charge in [0.25, 0.3) is 11.8 Å². The van der Waals surface area contributed by atoms with Gasteiger partial charge in [-0.05, 0) is 44.4 Å². The first-order valence-corrected chi connectivity index (χ1v) is 8.60. The molecule has 1 fully saturated rings. The molecule has 0 aromatic carbocycles. The molecule has 0 bridgehead atoms. The molecule has 1 aliphatic heterocycles. The van der Waals surface area contributed by atoms with Crippen molar-refractivity contribution in [1.82, 2.24) is 10.2 Å². The van der Waals surface area contributed by atoms with Crippen LogP contribution in [0.1, 0.15) is 38.5 Å². The van der Waals surface area contributed by atoms with Gasteiger partial charge in [-0.25, -0.2) is 0 Å². The zero-order chi connectivity index (χ0) is 17.5. The van der Waals surface area contributed by atoms with Crippen LogP contribution in [0.5, 0.6) is 0 Å². The van der Waals surface area contributed by atoms with Gasteiger partial charge < -0.3 is 15.5 Å². The molecule has 0 atom stereocenters. The summed E-state index contributed by atoms with van der Waals surface area (Å²) in [5.74, 6) is -0.376. The molecule has 1 saturated carbocycles. The summed E-state index contributed by atoms with van der Waals surface area (Å²) in [5.41, 5.74) is 0. The van der Waals surface area contributed by atoms with Gasteiger partial charge in [0.2, 0.25) is 5.91 Å². The molecule has 2 aliphatic rings. The predicted octanol–water partition coefficient (Wildman–Crippen LogP) is -0.0326. The Kier molecular flexibility index (Phi) is 6.93. The topological polar surface area (TPSA) is 107 Å². The first-order chi connectivity index (χ1) is 11.5. The van der Waals surface area contributed by atoms with Gasteiger partial charge in [0.1, 0.15) is 0 Å². The van der Waals surface area contributed by atoms with E-state index >= 15 is 0 Å². The molecule has 7 nitrogen and oxygen atoms in total. The highest BCUT2D eigenvalue weighted by atomic mass is 16.3. The van der Waals surface area contributed by atoms with E-state index in [9.17, 15) is 14.4 Å². The molecule has 3 amide bonds. The highest BCUT2D eigenvalue weighted by Gasteiger charge is 2.31. The van der Waals surface area contributed by atoms with Gasteiger partial charge in [-0.3, -0.25) is 19.3 Å². The quantitative estimate of drug-likeness (QED) is 0.539. The van der Waals surface area contributed by atoms with E-state index < -0.39 is 0 Å². The second-order valence-corrected chi connectivity index (χ2v) is 6.57. The van der Waals surface area contributed by atoms with Gasteiger partial charge in [-0.15, -0.1) is 0 Å². The maximum absolute atomic E-state index is 12.3. The minimum atomic E-state index is -0.254. The zero-order valence-electron chi connectivity index (χ0n) is 13.8. The number of hydrogen-bond donors (Lipinski definition) is 3. The lowest BCUT2D eigenvalue weighted by Gasteiger charge is -2.31. The number of nitrogens with one attached hydrogen (secondary N) is 1. The van der Waals surface area contributed by atoms with E-state index in [0.717, 1.165) is 25.7 Å². The minimum absolute atomic E-state index is 0.0242. The SMILES string of the molecule is O=C(NC(CCO)CCO)C1CCC(CN2C(=O)C=CC2=O)CC1. The van der Waals surface area contributed by atoms with Gasteiger partial charge >= 0.3 is 0 Å². The van der Waals surface area contributed by atoms with Gasteiger partial charge in [0.15, 0.2) is 0 Å². The van der Waals surface area contributed by atoms with E-state index in [0.29, 0.717) is 19.4 Å².